The zero-order chi connectivity index (χ0) is 13.8. The van der Waals surface area contributed by atoms with Gasteiger partial charge in [0.1, 0.15) is 11.9 Å². The van der Waals surface area contributed by atoms with Crippen LogP contribution < -0.4 is 15.4 Å². The second kappa shape index (κ2) is 6.04. The van der Waals surface area contributed by atoms with Crippen LogP contribution in [0.15, 0.2) is 12.1 Å². The molecule has 0 spiro atoms. The number of amides is 1. The van der Waals surface area contributed by atoms with E-state index in [4.69, 9.17) is 9.47 Å². The van der Waals surface area contributed by atoms with Crippen LogP contribution in [-0.4, -0.2) is 38.8 Å². The number of nitrogens with one attached hydrogen (secondary N) is 2. The third kappa shape index (κ3) is 3.05. The minimum atomic E-state index is -0.421. The molecule has 104 valence electrons. The molecule has 5 nitrogen and oxygen atoms in total. The van der Waals surface area contributed by atoms with Gasteiger partial charge < -0.3 is 20.1 Å². The molecule has 1 amide bonds. The van der Waals surface area contributed by atoms with Gasteiger partial charge in [0.05, 0.1) is 13.7 Å². The highest BCUT2D eigenvalue weighted by Crippen LogP contribution is 2.27. The Bertz CT molecular complexity index is 468. The first-order chi connectivity index (χ1) is 9.13. The molecule has 0 saturated carbocycles. The van der Waals surface area contributed by atoms with E-state index in [2.05, 4.69) is 10.6 Å². The van der Waals surface area contributed by atoms with Crippen LogP contribution in [0.25, 0.3) is 0 Å². The number of hydrogen-bond acceptors (Lipinski definition) is 4. The highest BCUT2D eigenvalue weighted by molar-refractivity contribution is 5.95. The molecule has 0 aromatic heterocycles. The van der Waals surface area contributed by atoms with Gasteiger partial charge in [0.15, 0.2) is 0 Å². The van der Waals surface area contributed by atoms with E-state index >= 15 is 0 Å². The van der Waals surface area contributed by atoms with E-state index in [1.807, 2.05) is 26.0 Å². The first-order valence-electron chi connectivity index (χ1n) is 6.41. The Morgan fingerprint density at radius 1 is 1.42 bits per heavy atom. The molecule has 0 radical (unpaired) electrons. The minimum Gasteiger partial charge on any atom is -0.496 e. The van der Waals surface area contributed by atoms with E-state index in [1.54, 1.807) is 7.11 Å². The van der Waals surface area contributed by atoms with Crippen LogP contribution in [0, 0.1) is 13.8 Å². The van der Waals surface area contributed by atoms with E-state index in [0.717, 1.165) is 29.1 Å². The molecule has 0 aliphatic carbocycles. The van der Waals surface area contributed by atoms with Crippen molar-refractivity contribution in [3.8, 4) is 5.75 Å². The fourth-order valence-corrected chi connectivity index (χ4v) is 2.10. The molecule has 0 bridgehead atoms. The molecule has 1 heterocycles. The lowest BCUT2D eigenvalue weighted by Crippen LogP contribution is -2.45. The fourth-order valence-electron chi connectivity index (χ4n) is 2.10. The summed E-state index contributed by atoms with van der Waals surface area (Å²) in [6.07, 6.45) is -0.421. The van der Waals surface area contributed by atoms with Gasteiger partial charge in [-0.1, -0.05) is 0 Å². The maximum absolute atomic E-state index is 12.1. The van der Waals surface area contributed by atoms with Crippen molar-refractivity contribution >= 4 is 11.6 Å². The Labute approximate surface area is 113 Å². The van der Waals surface area contributed by atoms with Gasteiger partial charge >= 0.3 is 0 Å². The predicted octanol–water partition coefficient (Wildman–Crippen LogP) is 1.24. The van der Waals surface area contributed by atoms with Crippen LogP contribution in [0.5, 0.6) is 5.75 Å². The maximum Gasteiger partial charge on any atom is 0.254 e. The number of hydrogen-bond donors (Lipinski definition) is 2. The summed E-state index contributed by atoms with van der Waals surface area (Å²) in [6.45, 7) is 5.86. The maximum atomic E-state index is 12.1. The summed E-state index contributed by atoms with van der Waals surface area (Å²) in [4.78, 5) is 12.1. The van der Waals surface area contributed by atoms with E-state index in [1.165, 1.54) is 0 Å². The van der Waals surface area contributed by atoms with Crippen LogP contribution in [0.4, 0.5) is 5.69 Å². The third-order valence-corrected chi connectivity index (χ3v) is 3.44. The Morgan fingerprint density at radius 3 is 2.84 bits per heavy atom. The van der Waals surface area contributed by atoms with Gasteiger partial charge in [-0.25, -0.2) is 0 Å². The first-order valence-corrected chi connectivity index (χ1v) is 6.41. The summed E-state index contributed by atoms with van der Waals surface area (Å²) in [5.74, 6) is 0.714. The van der Waals surface area contributed by atoms with Gasteiger partial charge in [0.25, 0.3) is 5.91 Å². The molecule has 5 heteroatoms. The number of benzene rings is 1. The van der Waals surface area contributed by atoms with Crippen molar-refractivity contribution in [1.29, 1.82) is 0 Å². The van der Waals surface area contributed by atoms with Crippen LogP contribution >= 0.6 is 0 Å². The van der Waals surface area contributed by atoms with Crippen LogP contribution in [-0.2, 0) is 9.53 Å². The highest BCUT2D eigenvalue weighted by Gasteiger charge is 2.22. The largest absolute Gasteiger partial charge is 0.496 e. The average Bonchev–Trinajstić information content (AvgIpc) is 2.45. The summed E-state index contributed by atoms with van der Waals surface area (Å²) in [5.41, 5.74) is 2.84. The lowest BCUT2D eigenvalue weighted by molar-refractivity contribution is -0.128. The molecule has 1 atom stereocenters. The van der Waals surface area contributed by atoms with Crippen LogP contribution in [0.1, 0.15) is 11.1 Å². The van der Waals surface area contributed by atoms with Crippen molar-refractivity contribution in [3.05, 3.63) is 23.3 Å². The number of carbonyl (C=O) groups excluding carboxylic acids is 1. The normalized spacial score (nSPS) is 19.0. The summed E-state index contributed by atoms with van der Waals surface area (Å²) in [5, 5.41) is 6.05. The Kier molecular flexibility index (Phi) is 4.39. The third-order valence-electron chi connectivity index (χ3n) is 3.44. The van der Waals surface area contributed by atoms with Crippen molar-refractivity contribution in [1.82, 2.24) is 5.32 Å². The molecule has 1 fully saturated rings. The smallest absolute Gasteiger partial charge is 0.254 e. The van der Waals surface area contributed by atoms with Crippen LogP contribution in [0.3, 0.4) is 0 Å². The number of anilines is 1. The summed E-state index contributed by atoms with van der Waals surface area (Å²) < 4.78 is 10.7. The molecule has 1 saturated heterocycles. The molecule has 2 N–H and O–H groups in total. The number of rotatable bonds is 3. The standard InChI is InChI=1S/C14H20N2O3/c1-9-10(2)12(18-3)5-4-11(9)16-14(17)13-8-15-6-7-19-13/h4-5,13,15H,6-8H2,1-3H3,(H,16,17). The molecule has 1 aromatic carbocycles. The van der Waals surface area contributed by atoms with E-state index in [0.29, 0.717) is 13.2 Å². The Balaban J connectivity index is 2.10. The fraction of sp³-hybridized carbons (Fsp3) is 0.500. The molecular formula is C14H20N2O3. The zero-order valence-corrected chi connectivity index (χ0v) is 11.6. The molecule has 1 aliphatic heterocycles. The van der Waals surface area contributed by atoms with Crippen molar-refractivity contribution in [2.45, 2.75) is 20.0 Å². The minimum absolute atomic E-state index is 0.111. The Morgan fingerprint density at radius 2 is 2.21 bits per heavy atom. The van der Waals surface area contributed by atoms with E-state index < -0.39 is 6.10 Å². The topological polar surface area (TPSA) is 59.6 Å². The van der Waals surface area contributed by atoms with Crippen LogP contribution in [0.2, 0.25) is 0 Å². The summed E-state index contributed by atoms with van der Waals surface area (Å²) in [7, 11) is 1.64. The van der Waals surface area contributed by atoms with Gasteiger partial charge in [-0.3, -0.25) is 4.79 Å². The molecule has 1 aromatic rings. The average molecular weight is 264 g/mol. The molecule has 1 unspecified atom stereocenters. The van der Waals surface area contributed by atoms with Crippen molar-refractivity contribution in [2.75, 3.05) is 32.1 Å². The number of ether oxygens (including phenoxy) is 2. The molecule has 2 rings (SSSR count). The molecule has 1 aliphatic rings. The van der Waals surface area contributed by atoms with Gasteiger partial charge in [-0.15, -0.1) is 0 Å². The van der Waals surface area contributed by atoms with Gasteiger partial charge in [0, 0.05) is 18.8 Å². The predicted molar refractivity (Wildman–Crippen MR) is 73.7 cm³/mol. The first kappa shape index (κ1) is 13.8. The van der Waals surface area contributed by atoms with Gasteiger partial charge in [-0.2, -0.15) is 0 Å². The Hall–Kier alpha value is -1.59. The number of carbonyl (C=O) groups is 1. The molecular weight excluding hydrogens is 244 g/mol. The van der Waals surface area contributed by atoms with Crippen molar-refractivity contribution in [2.24, 2.45) is 0 Å². The molecule has 19 heavy (non-hydrogen) atoms. The van der Waals surface area contributed by atoms with Crippen molar-refractivity contribution < 1.29 is 14.3 Å². The second-order valence-electron chi connectivity index (χ2n) is 4.62. The van der Waals surface area contributed by atoms with Crippen molar-refractivity contribution in [3.63, 3.8) is 0 Å². The van der Waals surface area contributed by atoms with E-state index in [9.17, 15) is 4.79 Å². The number of morpholine rings is 1. The summed E-state index contributed by atoms with van der Waals surface area (Å²) >= 11 is 0. The zero-order valence-electron chi connectivity index (χ0n) is 11.6. The van der Waals surface area contributed by atoms with Gasteiger partial charge in [-0.05, 0) is 37.1 Å². The quantitative estimate of drug-likeness (QED) is 0.862. The second-order valence-corrected chi connectivity index (χ2v) is 4.62. The van der Waals surface area contributed by atoms with Gasteiger partial charge in [0.2, 0.25) is 0 Å². The monoisotopic (exact) mass is 264 g/mol. The number of methoxy groups -OCH3 is 1. The highest BCUT2D eigenvalue weighted by atomic mass is 16.5. The summed E-state index contributed by atoms with van der Waals surface area (Å²) in [6, 6.07) is 3.72. The SMILES string of the molecule is COc1ccc(NC(=O)C2CNCCO2)c(C)c1C. The van der Waals surface area contributed by atoms with E-state index in [-0.39, 0.29) is 5.91 Å². The lowest BCUT2D eigenvalue weighted by Gasteiger charge is -2.23. The lowest BCUT2D eigenvalue weighted by atomic mass is 10.1.